The van der Waals surface area contributed by atoms with Crippen LogP contribution in [0.1, 0.15) is 34.8 Å². The van der Waals surface area contributed by atoms with E-state index in [9.17, 15) is 4.79 Å². The van der Waals surface area contributed by atoms with Crippen LogP contribution in [0.25, 0.3) is 11.4 Å². The molecule has 1 aliphatic heterocycles. The predicted molar refractivity (Wildman–Crippen MR) is 122 cm³/mol. The van der Waals surface area contributed by atoms with E-state index in [4.69, 9.17) is 14.5 Å². The molecule has 2 aromatic heterocycles. The maximum absolute atomic E-state index is 13.4. The number of methoxy groups -OCH3 is 2. The van der Waals surface area contributed by atoms with Gasteiger partial charge in [0, 0.05) is 50.1 Å². The Labute approximate surface area is 187 Å². The topological polar surface area (TPSA) is 89.5 Å². The highest BCUT2D eigenvalue weighted by Gasteiger charge is 2.29. The zero-order chi connectivity index (χ0) is 22.5. The Balaban J connectivity index is 1.62. The molecule has 0 saturated carbocycles. The highest BCUT2D eigenvalue weighted by atomic mass is 16.5. The van der Waals surface area contributed by atoms with Gasteiger partial charge in [-0.25, -0.2) is 9.97 Å². The van der Waals surface area contributed by atoms with Crippen molar-refractivity contribution in [1.29, 1.82) is 0 Å². The molecule has 3 aromatic rings. The number of hydrogen-bond acceptors (Lipinski definition) is 7. The van der Waals surface area contributed by atoms with Crippen LogP contribution in [0.4, 0.5) is 5.82 Å². The van der Waals surface area contributed by atoms with E-state index in [1.165, 1.54) is 0 Å². The lowest BCUT2D eigenvalue weighted by molar-refractivity contribution is 0.0702. The molecule has 1 amide bonds. The van der Waals surface area contributed by atoms with E-state index in [1.54, 1.807) is 44.8 Å². The fourth-order valence-electron chi connectivity index (χ4n) is 3.98. The summed E-state index contributed by atoms with van der Waals surface area (Å²) >= 11 is 0. The van der Waals surface area contributed by atoms with Crippen LogP contribution in [-0.4, -0.2) is 60.1 Å². The maximum Gasteiger partial charge on any atom is 0.257 e. The molecule has 0 spiro atoms. The molecule has 0 aliphatic carbocycles. The largest absolute Gasteiger partial charge is 0.497 e. The van der Waals surface area contributed by atoms with E-state index in [1.807, 2.05) is 30.1 Å². The number of carbonyl (C=O) groups excluding carboxylic acids is 1. The molecule has 0 bridgehead atoms. The van der Waals surface area contributed by atoms with Crippen molar-refractivity contribution >= 4 is 11.7 Å². The molecule has 1 saturated heterocycles. The van der Waals surface area contributed by atoms with Crippen LogP contribution in [0.5, 0.6) is 11.5 Å². The van der Waals surface area contributed by atoms with Crippen LogP contribution in [-0.2, 0) is 0 Å². The Morgan fingerprint density at radius 3 is 2.75 bits per heavy atom. The summed E-state index contributed by atoms with van der Waals surface area (Å²) in [5, 5.41) is 3.12. The average Bonchev–Trinajstić information content (AvgIpc) is 2.88. The zero-order valence-electron chi connectivity index (χ0n) is 18.5. The summed E-state index contributed by atoms with van der Waals surface area (Å²) in [4.78, 5) is 28.8. The fourth-order valence-corrected chi connectivity index (χ4v) is 3.98. The number of ether oxygens (including phenoxy) is 2. The van der Waals surface area contributed by atoms with Crippen LogP contribution in [0.3, 0.4) is 0 Å². The van der Waals surface area contributed by atoms with Crippen molar-refractivity contribution in [2.75, 3.05) is 39.7 Å². The number of likely N-dealkylation sites (tertiary alicyclic amines) is 1. The first kappa shape index (κ1) is 21.5. The molecular weight excluding hydrogens is 406 g/mol. The van der Waals surface area contributed by atoms with Crippen molar-refractivity contribution in [2.45, 2.75) is 18.8 Å². The van der Waals surface area contributed by atoms with E-state index in [-0.39, 0.29) is 11.8 Å². The minimum Gasteiger partial charge on any atom is -0.497 e. The summed E-state index contributed by atoms with van der Waals surface area (Å²) in [5.41, 5.74) is 2.27. The van der Waals surface area contributed by atoms with E-state index in [2.05, 4.69) is 15.3 Å². The molecule has 1 unspecified atom stereocenters. The Morgan fingerprint density at radius 1 is 1.16 bits per heavy atom. The molecule has 0 radical (unpaired) electrons. The first-order valence-electron chi connectivity index (χ1n) is 10.6. The quantitative estimate of drug-likeness (QED) is 0.635. The minimum absolute atomic E-state index is 0.0687. The number of piperidine rings is 1. The van der Waals surface area contributed by atoms with Crippen molar-refractivity contribution in [2.24, 2.45) is 0 Å². The predicted octanol–water partition coefficient (Wildman–Crippen LogP) is 3.62. The Bertz CT molecular complexity index is 1090. The minimum atomic E-state index is -0.0687. The second-order valence-electron chi connectivity index (χ2n) is 7.65. The molecule has 1 N–H and O–H groups in total. The van der Waals surface area contributed by atoms with Gasteiger partial charge in [-0.3, -0.25) is 9.78 Å². The number of nitrogens with one attached hydrogen (secondary N) is 1. The van der Waals surface area contributed by atoms with Gasteiger partial charge in [0.05, 0.1) is 25.5 Å². The van der Waals surface area contributed by atoms with Crippen molar-refractivity contribution in [3.63, 3.8) is 0 Å². The third-order valence-corrected chi connectivity index (χ3v) is 5.69. The number of amides is 1. The van der Waals surface area contributed by atoms with Gasteiger partial charge >= 0.3 is 0 Å². The van der Waals surface area contributed by atoms with E-state index < -0.39 is 0 Å². The lowest BCUT2D eigenvalue weighted by Gasteiger charge is -2.33. The highest BCUT2D eigenvalue weighted by Crippen LogP contribution is 2.31. The Morgan fingerprint density at radius 2 is 2.03 bits per heavy atom. The molecule has 4 rings (SSSR count). The van der Waals surface area contributed by atoms with Crippen molar-refractivity contribution in [1.82, 2.24) is 19.9 Å². The standard InChI is InChI=1S/C24H27N5O3/c1-25-22-13-20(27-23(28-22)16-6-4-10-26-14-16)17-7-5-11-29(15-17)24(30)19-12-18(31-2)8-9-21(19)32-3/h4,6,8-10,12-14,17H,5,7,11,15H2,1-3H3,(H,25,27,28). The van der Waals surface area contributed by atoms with Gasteiger partial charge in [0.2, 0.25) is 0 Å². The molecule has 1 atom stereocenters. The zero-order valence-corrected chi connectivity index (χ0v) is 18.5. The summed E-state index contributed by atoms with van der Waals surface area (Å²) in [6.07, 6.45) is 5.32. The average molecular weight is 434 g/mol. The van der Waals surface area contributed by atoms with Gasteiger partial charge in [0.1, 0.15) is 17.3 Å². The number of nitrogens with zero attached hydrogens (tertiary/aromatic N) is 4. The summed E-state index contributed by atoms with van der Waals surface area (Å²) in [6, 6.07) is 11.1. The number of aromatic nitrogens is 3. The van der Waals surface area contributed by atoms with Crippen molar-refractivity contribution < 1.29 is 14.3 Å². The molecular formula is C24H27N5O3. The first-order chi connectivity index (χ1) is 15.6. The van der Waals surface area contributed by atoms with Gasteiger partial charge in [-0.2, -0.15) is 0 Å². The molecule has 8 nitrogen and oxygen atoms in total. The van der Waals surface area contributed by atoms with Crippen molar-refractivity contribution in [3.8, 4) is 22.9 Å². The van der Waals surface area contributed by atoms with Gasteiger partial charge in [0.15, 0.2) is 5.82 Å². The summed E-state index contributed by atoms with van der Waals surface area (Å²) < 4.78 is 10.7. The monoisotopic (exact) mass is 433 g/mol. The number of rotatable bonds is 6. The lowest BCUT2D eigenvalue weighted by Crippen LogP contribution is -2.39. The van der Waals surface area contributed by atoms with Crippen LogP contribution < -0.4 is 14.8 Å². The first-order valence-corrected chi connectivity index (χ1v) is 10.6. The fraction of sp³-hybridized carbons (Fsp3) is 0.333. The van der Waals surface area contributed by atoms with Crippen molar-refractivity contribution in [3.05, 3.63) is 60.0 Å². The normalized spacial score (nSPS) is 15.8. The summed E-state index contributed by atoms with van der Waals surface area (Å²) in [5.74, 6) is 2.56. The van der Waals surface area contributed by atoms with Crippen LogP contribution in [0.2, 0.25) is 0 Å². The maximum atomic E-state index is 13.4. The molecule has 1 aromatic carbocycles. The van der Waals surface area contributed by atoms with Crippen LogP contribution >= 0.6 is 0 Å². The number of benzene rings is 1. The van der Waals surface area contributed by atoms with E-state index >= 15 is 0 Å². The molecule has 8 heteroatoms. The number of anilines is 1. The van der Waals surface area contributed by atoms with E-state index in [0.29, 0.717) is 36.0 Å². The van der Waals surface area contributed by atoms with Gasteiger partial charge in [0.25, 0.3) is 5.91 Å². The van der Waals surface area contributed by atoms with Crippen LogP contribution in [0.15, 0.2) is 48.8 Å². The second-order valence-corrected chi connectivity index (χ2v) is 7.65. The highest BCUT2D eigenvalue weighted by molar-refractivity contribution is 5.97. The number of hydrogen-bond donors (Lipinski definition) is 1. The summed E-state index contributed by atoms with van der Waals surface area (Å²) in [7, 11) is 4.99. The SMILES string of the molecule is CNc1cc(C2CCCN(C(=O)c3cc(OC)ccc3OC)C2)nc(-c2cccnc2)n1. The number of pyridine rings is 1. The Kier molecular flexibility index (Phi) is 6.49. The summed E-state index contributed by atoms with van der Waals surface area (Å²) in [6.45, 7) is 1.26. The van der Waals surface area contributed by atoms with Gasteiger partial charge in [-0.05, 0) is 43.2 Å². The van der Waals surface area contributed by atoms with Gasteiger partial charge in [-0.15, -0.1) is 0 Å². The van der Waals surface area contributed by atoms with E-state index in [0.717, 1.165) is 29.9 Å². The molecule has 166 valence electrons. The number of carbonyl (C=O) groups is 1. The molecule has 1 fully saturated rings. The van der Waals surface area contributed by atoms with Crippen LogP contribution in [0, 0.1) is 0 Å². The molecule has 32 heavy (non-hydrogen) atoms. The molecule has 3 heterocycles. The van der Waals surface area contributed by atoms with Gasteiger partial charge < -0.3 is 19.7 Å². The molecule has 1 aliphatic rings. The second kappa shape index (κ2) is 9.64. The third kappa shape index (κ3) is 4.49. The Hall–Kier alpha value is -3.68. The van der Waals surface area contributed by atoms with Gasteiger partial charge in [-0.1, -0.05) is 0 Å². The smallest absolute Gasteiger partial charge is 0.257 e. The lowest BCUT2D eigenvalue weighted by atomic mass is 9.93. The third-order valence-electron chi connectivity index (χ3n) is 5.69.